The SMILES string of the molecule is N#Cc1ccc(NC(=O)C2CCC(CN)O2)c(Cl)c1. The number of carbonyl (C=O) groups is 1. The van der Waals surface area contributed by atoms with E-state index >= 15 is 0 Å². The standard InChI is InChI=1S/C13H14ClN3O2/c14-10-5-8(6-15)1-3-11(10)17-13(18)12-4-2-9(7-16)19-12/h1,3,5,9,12H,2,4,7,16H2,(H,17,18). The van der Waals surface area contributed by atoms with Gasteiger partial charge in [0.1, 0.15) is 6.10 Å². The molecule has 1 heterocycles. The number of nitrogens with two attached hydrogens (primary N) is 1. The molecule has 100 valence electrons. The highest BCUT2D eigenvalue weighted by atomic mass is 35.5. The molecule has 5 nitrogen and oxygen atoms in total. The van der Waals surface area contributed by atoms with E-state index in [1.54, 1.807) is 12.1 Å². The molecule has 1 aliphatic rings. The van der Waals surface area contributed by atoms with Crippen molar-refractivity contribution in [2.75, 3.05) is 11.9 Å². The molecule has 0 bridgehead atoms. The highest BCUT2D eigenvalue weighted by molar-refractivity contribution is 6.33. The van der Waals surface area contributed by atoms with Crippen molar-refractivity contribution >= 4 is 23.2 Å². The molecule has 2 unspecified atom stereocenters. The van der Waals surface area contributed by atoms with Gasteiger partial charge in [-0.3, -0.25) is 4.79 Å². The van der Waals surface area contributed by atoms with Gasteiger partial charge in [0.25, 0.3) is 5.91 Å². The van der Waals surface area contributed by atoms with Crippen molar-refractivity contribution in [3.8, 4) is 6.07 Å². The molecule has 0 aromatic heterocycles. The zero-order valence-corrected chi connectivity index (χ0v) is 11.0. The second-order valence-corrected chi connectivity index (χ2v) is 4.76. The van der Waals surface area contributed by atoms with Crippen LogP contribution in [0.15, 0.2) is 18.2 Å². The summed E-state index contributed by atoms with van der Waals surface area (Å²) in [7, 11) is 0. The average Bonchev–Trinajstić information content (AvgIpc) is 2.90. The number of benzene rings is 1. The molecule has 0 spiro atoms. The number of nitriles is 1. The summed E-state index contributed by atoms with van der Waals surface area (Å²) in [5, 5.41) is 11.8. The van der Waals surface area contributed by atoms with E-state index in [2.05, 4.69) is 5.32 Å². The van der Waals surface area contributed by atoms with E-state index in [4.69, 9.17) is 27.3 Å². The minimum atomic E-state index is -0.486. The molecule has 1 fully saturated rings. The minimum Gasteiger partial charge on any atom is -0.364 e. The van der Waals surface area contributed by atoms with Crippen molar-refractivity contribution in [3.63, 3.8) is 0 Å². The summed E-state index contributed by atoms with van der Waals surface area (Å²) in [6, 6.07) is 6.69. The highest BCUT2D eigenvalue weighted by Crippen LogP contribution is 2.25. The van der Waals surface area contributed by atoms with E-state index < -0.39 is 6.10 Å². The lowest BCUT2D eigenvalue weighted by atomic mass is 10.1. The number of hydrogen-bond donors (Lipinski definition) is 2. The Balaban J connectivity index is 2.02. The molecule has 0 radical (unpaired) electrons. The summed E-state index contributed by atoms with van der Waals surface area (Å²) in [4.78, 5) is 12.0. The van der Waals surface area contributed by atoms with Crippen LogP contribution in [0.5, 0.6) is 0 Å². The molecule has 3 N–H and O–H groups in total. The summed E-state index contributed by atoms with van der Waals surface area (Å²) in [5.74, 6) is -0.234. The Morgan fingerprint density at radius 2 is 2.37 bits per heavy atom. The maximum atomic E-state index is 12.0. The largest absolute Gasteiger partial charge is 0.364 e. The number of nitrogens with zero attached hydrogens (tertiary/aromatic N) is 1. The molecule has 2 atom stereocenters. The maximum Gasteiger partial charge on any atom is 0.253 e. The molecular weight excluding hydrogens is 266 g/mol. The van der Waals surface area contributed by atoms with Gasteiger partial charge in [-0.15, -0.1) is 0 Å². The molecule has 1 amide bonds. The smallest absolute Gasteiger partial charge is 0.253 e. The van der Waals surface area contributed by atoms with Gasteiger partial charge < -0.3 is 15.8 Å². The number of nitrogens with one attached hydrogen (secondary N) is 1. The van der Waals surface area contributed by atoms with Crippen LogP contribution in [0, 0.1) is 11.3 Å². The molecule has 1 saturated heterocycles. The molecule has 1 aliphatic heterocycles. The van der Waals surface area contributed by atoms with Crippen molar-refractivity contribution in [2.24, 2.45) is 5.73 Å². The quantitative estimate of drug-likeness (QED) is 0.881. The van der Waals surface area contributed by atoms with Crippen molar-refractivity contribution in [3.05, 3.63) is 28.8 Å². The van der Waals surface area contributed by atoms with E-state index in [-0.39, 0.29) is 12.0 Å². The fourth-order valence-corrected chi connectivity index (χ4v) is 2.20. The van der Waals surface area contributed by atoms with Crippen molar-refractivity contribution in [2.45, 2.75) is 25.0 Å². The average molecular weight is 280 g/mol. The summed E-state index contributed by atoms with van der Waals surface area (Å²) in [5.41, 5.74) is 6.42. The number of amides is 1. The Morgan fingerprint density at radius 3 is 2.95 bits per heavy atom. The molecule has 1 aromatic rings. The zero-order chi connectivity index (χ0) is 13.8. The van der Waals surface area contributed by atoms with E-state index in [0.717, 1.165) is 6.42 Å². The molecule has 19 heavy (non-hydrogen) atoms. The van der Waals surface area contributed by atoms with Crippen LogP contribution in [0.4, 0.5) is 5.69 Å². The van der Waals surface area contributed by atoms with Crippen molar-refractivity contribution in [1.29, 1.82) is 5.26 Å². The predicted molar refractivity (Wildman–Crippen MR) is 71.7 cm³/mol. The number of rotatable bonds is 3. The van der Waals surface area contributed by atoms with Crippen LogP contribution in [-0.2, 0) is 9.53 Å². The first-order chi connectivity index (χ1) is 9.13. The molecule has 6 heteroatoms. The van der Waals surface area contributed by atoms with Gasteiger partial charge in [-0.2, -0.15) is 5.26 Å². The number of carbonyl (C=O) groups excluding carboxylic acids is 1. The third-order valence-electron chi connectivity index (χ3n) is 3.02. The topological polar surface area (TPSA) is 88.1 Å². The van der Waals surface area contributed by atoms with Crippen molar-refractivity contribution in [1.82, 2.24) is 0 Å². The number of ether oxygens (including phenoxy) is 1. The number of halogens is 1. The first-order valence-corrected chi connectivity index (χ1v) is 6.38. The van der Waals surface area contributed by atoms with Crippen molar-refractivity contribution < 1.29 is 9.53 Å². The number of hydrogen-bond acceptors (Lipinski definition) is 4. The van der Waals surface area contributed by atoms with Gasteiger partial charge in [0.05, 0.1) is 28.4 Å². The van der Waals surface area contributed by atoms with Gasteiger partial charge in [-0.05, 0) is 31.0 Å². The molecular formula is C13H14ClN3O2. The molecule has 0 saturated carbocycles. The van der Waals surface area contributed by atoms with Crippen LogP contribution < -0.4 is 11.1 Å². The lowest BCUT2D eigenvalue weighted by Gasteiger charge is -2.13. The van der Waals surface area contributed by atoms with E-state index in [1.807, 2.05) is 6.07 Å². The maximum absolute atomic E-state index is 12.0. The fraction of sp³-hybridized carbons (Fsp3) is 0.385. The first kappa shape index (κ1) is 13.8. The Labute approximate surface area is 116 Å². The monoisotopic (exact) mass is 279 g/mol. The van der Waals surface area contributed by atoms with Crippen LogP contribution >= 0.6 is 11.6 Å². The summed E-state index contributed by atoms with van der Waals surface area (Å²) in [6.45, 7) is 0.418. The predicted octanol–water partition coefficient (Wildman–Crippen LogP) is 1.66. The lowest BCUT2D eigenvalue weighted by molar-refractivity contribution is -0.126. The molecule has 2 rings (SSSR count). The van der Waals surface area contributed by atoms with Gasteiger partial charge >= 0.3 is 0 Å². The summed E-state index contributed by atoms with van der Waals surface area (Å²) < 4.78 is 5.50. The van der Waals surface area contributed by atoms with Crippen LogP contribution in [0.1, 0.15) is 18.4 Å². The van der Waals surface area contributed by atoms with Gasteiger partial charge in [-0.25, -0.2) is 0 Å². The van der Waals surface area contributed by atoms with Crippen LogP contribution in [-0.4, -0.2) is 24.7 Å². The fourth-order valence-electron chi connectivity index (χ4n) is 1.97. The van der Waals surface area contributed by atoms with Crippen LogP contribution in [0.25, 0.3) is 0 Å². The second-order valence-electron chi connectivity index (χ2n) is 4.36. The van der Waals surface area contributed by atoms with Gasteiger partial charge in [0.2, 0.25) is 0 Å². The van der Waals surface area contributed by atoms with Gasteiger partial charge in [0.15, 0.2) is 0 Å². The van der Waals surface area contributed by atoms with Crippen LogP contribution in [0.2, 0.25) is 5.02 Å². The van der Waals surface area contributed by atoms with Gasteiger partial charge in [0, 0.05) is 6.54 Å². The molecule has 1 aromatic carbocycles. The first-order valence-electron chi connectivity index (χ1n) is 6.00. The summed E-state index contributed by atoms with van der Waals surface area (Å²) >= 11 is 5.99. The Kier molecular flexibility index (Phi) is 4.38. The van der Waals surface area contributed by atoms with Gasteiger partial charge in [-0.1, -0.05) is 11.6 Å². The normalized spacial score (nSPS) is 21.9. The Bertz CT molecular complexity index is 527. The third-order valence-corrected chi connectivity index (χ3v) is 3.33. The Hall–Kier alpha value is -1.61. The van der Waals surface area contributed by atoms with E-state index in [0.29, 0.717) is 29.2 Å². The Morgan fingerprint density at radius 1 is 1.58 bits per heavy atom. The number of anilines is 1. The summed E-state index contributed by atoms with van der Waals surface area (Å²) in [6.07, 6.45) is 0.907. The third kappa shape index (κ3) is 3.24. The zero-order valence-electron chi connectivity index (χ0n) is 10.2. The van der Waals surface area contributed by atoms with Crippen LogP contribution in [0.3, 0.4) is 0 Å². The lowest BCUT2D eigenvalue weighted by Crippen LogP contribution is -2.29. The second kappa shape index (κ2) is 6.02. The van der Waals surface area contributed by atoms with E-state index in [9.17, 15) is 4.79 Å². The minimum absolute atomic E-state index is 0.0489. The highest BCUT2D eigenvalue weighted by Gasteiger charge is 2.30. The van der Waals surface area contributed by atoms with E-state index in [1.165, 1.54) is 6.07 Å². The molecule has 0 aliphatic carbocycles.